The van der Waals surface area contributed by atoms with Gasteiger partial charge in [-0.1, -0.05) is 43.9 Å². The second kappa shape index (κ2) is 7.02. The quantitative estimate of drug-likeness (QED) is 0.421. The molecule has 0 N–H and O–H groups in total. The van der Waals surface area contributed by atoms with Crippen molar-refractivity contribution in [2.24, 2.45) is 22.7 Å². The number of fused-ring (bicyclic) bond motifs is 1. The Morgan fingerprint density at radius 1 is 1.26 bits per heavy atom. The Hall–Kier alpha value is -1.72. The molecule has 0 aromatic carbocycles. The van der Waals surface area contributed by atoms with Crippen molar-refractivity contribution in [3.8, 4) is 11.8 Å². The summed E-state index contributed by atoms with van der Waals surface area (Å²) in [6, 6.07) is 1.98. The van der Waals surface area contributed by atoms with E-state index in [1.165, 1.54) is 37.7 Å². The van der Waals surface area contributed by atoms with Gasteiger partial charge in [0.1, 0.15) is 0 Å². The first-order valence-electron chi connectivity index (χ1n) is 10.5. The molecule has 2 heterocycles. The highest BCUT2D eigenvalue weighted by atomic mass is 16.5. The molecule has 5 atom stereocenters. The molecule has 0 spiro atoms. The number of ether oxygens (including phenoxy) is 1. The van der Waals surface area contributed by atoms with Gasteiger partial charge in [-0.05, 0) is 68.8 Å². The van der Waals surface area contributed by atoms with E-state index in [4.69, 9.17) is 9.15 Å². The van der Waals surface area contributed by atoms with E-state index < -0.39 is 0 Å². The lowest BCUT2D eigenvalue weighted by Gasteiger charge is -2.56. The Morgan fingerprint density at radius 2 is 2.11 bits per heavy atom. The van der Waals surface area contributed by atoms with Crippen LogP contribution in [-0.4, -0.2) is 6.61 Å². The molecule has 2 aliphatic carbocycles. The third-order valence-electron chi connectivity index (χ3n) is 7.82. The van der Waals surface area contributed by atoms with Gasteiger partial charge in [0, 0.05) is 16.6 Å². The van der Waals surface area contributed by atoms with Gasteiger partial charge in [-0.3, -0.25) is 0 Å². The lowest BCUT2D eigenvalue weighted by atomic mass is 9.47. The smallest absolute Gasteiger partial charge is 0.0960 e. The van der Waals surface area contributed by atoms with Crippen LogP contribution in [-0.2, 0) is 4.74 Å². The van der Waals surface area contributed by atoms with Crippen LogP contribution in [0.3, 0.4) is 0 Å². The molecule has 0 saturated heterocycles. The number of allylic oxidation sites excluding steroid dienone is 1. The fourth-order valence-electron chi connectivity index (χ4n) is 5.61. The summed E-state index contributed by atoms with van der Waals surface area (Å²) in [6.07, 6.45) is 13.0. The standard InChI is InChI=1S/C25H32O2/c1-18-6-5-7-23-24(18,3)13-10-19(2)25(23,4)14-11-20-8-9-22(27-16-20)21-12-15-26-17-21/h8,12,15,17,19,22-23H,1,5-7,9-10,13,16H2,2-4H3/t19-,22+,23-,24-,25-/m0/s1. The average Bonchev–Trinajstić information content (AvgIpc) is 3.21. The van der Waals surface area contributed by atoms with Gasteiger partial charge in [-0.25, -0.2) is 0 Å². The molecule has 1 aliphatic heterocycles. The normalized spacial score (nSPS) is 39.1. The highest BCUT2D eigenvalue weighted by Gasteiger charge is 2.53. The van der Waals surface area contributed by atoms with E-state index >= 15 is 0 Å². The average molecular weight is 365 g/mol. The molecule has 3 aliphatic rings. The predicted octanol–water partition coefficient (Wildman–Crippen LogP) is 6.47. The highest BCUT2D eigenvalue weighted by Crippen LogP contribution is 2.61. The van der Waals surface area contributed by atoms with E-state index in [9.17, 15) is 0 Å². The van der Waals surface area contributed by atoms with Crippen molar-refractivity contribution in [1.82, 2.24) is 0 Å². The van der Waals surface area contributed by atoms with Gasteiger partial charge in [0.15, 0.2) is 0 Å². The molecule has 2 heteroatoms. The second-order valence-electron chi connectivity index (χ2n) is 9.26. The molecule has 27 heavy (non-hydrogen) atoms. The monoisotopic (exact) mass is 364 g/mol. The highest BCUT2D eigenvalue weighted by molar-refractivity contribution is 5.35. The van der Waals surface area contributed by atoms with Crippen LogP contribution < -0.4 is 0 Å². The molecule has 2 saturated carbocycles. The van der Waals surface area contributed by atoms with Crippen LogP contribution in [0.2, 0.25) is 0 Å². The Balaban J connectivity index is 1.55. The van der Waals surface area contributed by atoms with Gasteiger partial charge in [0.25, 0.3) is 0 Å². The molecular weight excluding hydrogens is 332 g/mol. The summed E-state index contributed by atoms with van der Waals surface area (Å²) in [4.78, 5) is 0. The van der Waals surface area contributed by atoms with Crippen molar-refractivity contribution in [3.05, 3.63) is 48.0 Å². The predicted molar refractivity (Wildman–Crippen MR) is 109 cm³/mol. The Bertz CT molecular complexity index is 790. The van der Waals surface area contributed by atoms with Crippen LogP contribution in [0.5, 0.6) is 0 Å². The summed E-state index contributed by atoms with van der Waals surface area (Å²) < 4.78 is 11.2. The third-order valence-corrected chi connectivity index (χ3v) is 7.82. The summed E-state index contributed by atoms with van der Waals surface area (Å²) in [7, 11) is 0. The van der Waals surface area contributed by atoms with Crippen LogP contribution in [0.25, 0.3) is 0 Å². The zero-order chi connectivity index (χ0) is 19.1. The summed E-state index contributed by atoms with van der Waals surface area (Å²) in [6.45, 7) is 12.3. The molecule has 2 fully saturated rings. The van der Waals surface area contributed by atoms with Gasteiger partial charge in [-0.2, -0.15) is 0 Å². The van der Waals surface area contributed by atoms with Crippen LogP contribution in [0.15, 0.2) is 46.8 Å². The van der Waals surface area contributed by atoms with Crippen molar-refractivity contribution in [2.75, 3.05) is 6.61 Å². The molecule has 2 nitrogen and oxygen atoms in total. The zero-order valence-electron chi connectivity index (χ0n) is 17.0. The van der Waals surface area contributed by atoms with Crippen molar-refractivity contribution >= 4 is 0 Å². The first kappa shape index (κ1) is 18.6. The van der Waals surface area contributed by atoms with Crippen molar-refractivity contribution in [2.45, 2.75) is 65.4 Å². The largest absolute Gasteiger partial charge is 0.472 e. The van der Waals surface area contributed by atoms with E-state index in [1.54, 1.807) is 12.5 Å². The molecule has 0 unspecified atom stereocenters. The minimum Gasteiger partial charge on any atom is -0.472 e. The van der Waals surface area contributed by atoms with E-state index in [0.717, 1.165) is 17.6 Å². The first-order chi connectivity index (χ1) is 12.9. The minimum absolute atomic E-state index is 0.0542. The molecule has 1 aromatic rings. The number of rotatable bonds is 1. The van der Waals surface area contributed by atoms with Gasteiger partial charge in [0.2, 0.25) is 0 Å². The molecular formula is C25H32O2. The minimum atomic E-state index is 0.0542. The van der Waals surface area contributed by atoms with E-state index in [0.29, 0.717) is 18.4 Å². The molecule has 4 rings (SSSR count). The summed E-state index contributed by atoms with van der Waals surface area (Å²) in [5.41, 5.74) is 4.02. The van der Waals surface area contributed by atoms with Crippen molar-refractivity contribution < 1.29 is 9.15 Å². The van der Waals surface area contributed by atoms with Crippen LogP contribution in [0.1, 0.15) is 71.0 Å². The number of hydrogen-bond acceptors (Lipinski definition) is 2. The lowest BCUT2D eigenvalue weighted by Crippen LogP contribution is -2.49. The molecule has 144 valence electrons. The topological polar surface area (TPSA) is 22.4 Å². The Labute approximate surface area is 164 Å². The van der Waals surface area contributed by atoms with Gasteiger partial charge in [0.05, 0.1) is 25.2 Å². The summed E-state index contributed by atoms with van der Waals surface area (Å²) >= 11 is 0. The summed E-state index contributed by atoms with van der Waals surface area (Å²) in [5, 5.41) is 0. The Morgan fingerprint density at radius 3 is 2.81 bits per heavy atom. The lowest BCUT2D eigenvalue weighted by molar-refractivity contribution is -0.00976. The maximum Gasteiger partial charge on any atom is 0.0960 e. The van der Waals surface area contributed by atoms with Crippen LogP contribution in [0.4, 0.5) is 0 Å². The number of furan rings is 1. The van der Waals surface area contributed by atoms with E-state index in [1.807, 2.05) is 6.07 Å². The molecule has 0 amide bonds. The Kier molecular flexibility index (Phi) is 4.85. The maximum atomic E-state index is 6.03. The summed E-state index contributed by atoms with van der Waals surface area (Å²) in [5.74, 6) is 8.52. The first-order valence-corrected chi connectivity index (χ1v) is 10.5. The fourth-order valence-corrected chi connectivity index (χ4v) is 5.61. The van der Waals surface area contributed by atoms with Crippen molar-refractivity contribution in [1.29, 1.82) is 0 Å². The van der Waals surface area contributed by atoms with Gasteiger partial charge < -0.3 is 9.15 Å². The van der Waals surface area contributed by atoms with E-state index in [-0.39, 0.29) is 16.9 Å². The van der Waals surface area contributed by atoms with E-state index in [2.05, 4.69) is 45.3 Å². The van der Waals surface area contributed by atoms with Crippen molar-refractivity contribution in [3.63, 3.8) is 0 Å². The molecule has 0 bridgehead atoms. The van der Waals surface area contributed by atoms with Crippen LogP contribution in [0, 0.1) is 34.5 Å². The fraction of sp³-hybridized carbons (Fsp3) is 0.600. The number of hydrogen-bond donors (Lipinski definition) is 0. The van der Waals surface area contributed by atoms with Crippen LogP contribution >= 0.6 is 0 Å². The maximum absolute atomic E-state index is 6.03. The van der Waals surface area contributed by atoms with Gasteiger partial charge >= 0.3 is 0 Å². The zero-order valence-corrected chi connectivity index (χ0v) is 17.0. The van der Waals surface area contributed by atoms with Gasteiger partial charge in [-0.15, -0.1) is 0 Å². The SMILES string of the molecule is C=C1CCC[C@@H]2[C@@](C)(C#CC3=CC[C@H](c4ccoc4)OC3)[C@@H](C)CC[C@@]12C. The molecule has 0 radical (unpaired) electrons. The third kappa shape index (κ3) is 3.21. The molecule has 1 aromatic heterocycles. The second-order valence-corrected chi connectivity index (χ2v) is 9.26.